The Kier molecular flexibility index (Phi) is 5.83. The highest BCUT2D eigenvalue weighted by Gasteiger charge is 2.29. The fourth-order valence-corrected chi connectivity index (χ4v) is 5.39. The third kappa shape index (κ3) is 3.96. The number of hydrogen-bond acceptors (Lipinski definition) is 6. The molecule has 3 aromatic heterocycles. The molecule has 164 valence electrons. The highest BCUT2D eigenvalue weighted by molar-refractivity contribution is 7.17. The van der Waals surface area contributed by atoms with Gasteiger partial charge in [-0.2, -0.15) is 5.10 Å². The quantitative estimate of drug-likeness (QED) is 0.580. The number of aromatic nitrogens is 3. The smallest absolute Gasteiger partial charge is 0.341 e. The number of anilines is 1. The van der Waals surface area contributed by atoms with Crippen LogP contribution in [0.2, 0.25) is 0 Å². The van der Waals surface area contributed by atoms with E-state index in [0.717, 1.165) is 54.4 Å². The summed E-state index contributed by atoms with van der Waals surface area (Å²) in [6.45, 7) is 7.60. The maximum Gasteiger partial charge on any atom is 0.341 e. The molecule has 31 heavy (non-hydrogen) atoms. The number of esters is 1. The zero-order valence-corrected chi connectivity index (χ0v) is 19.5. The van der Waals surface area contributed by atoms with Crippen molar-refractivity contribution in [2.75, 3.05) is 5.32 Å². The topological polar surface area (TPSA) is 86.1 Å². The fourth-order valence-electron chi connectivity index (χ4n) is 4.11. The Bertz CT molecular complexity index is 1180. The van der Waals surface area contributed by atoms with E-state index in [-0.39, 0.29) is 18.0 Å². The van der Waals surface area contributed by atoms with Gasteiger partial charge in [0.05, 0.1) is 28.3 Å². The van der Waals surface area contributed by atoms with Gasteiger partial charge < -0.3 is 10.1 Å². The molecule has 7 nitrogen and oxygen atoms in total. The van der Waals surface area contributed by atoms with Crippen LogP contribution >= 0.6 is 11.3 Å². The second kappa shape index (κ2) is 8.42. The Hall–Kier alpha value is -2.74. The van der Waals surface area contributed by atoms with E-state index in [1.165, 1.54) is 16.2 Å². The standard InChI is InChI=1S/C23H28N4O3S/c1-6-13(3)30-23(29)19-15-9-7-8-10-17(15)31-22(19)25-21(28)16-11-12(2)24-20-18(16)14(4)26-27(20)5/h11,13H,6-10H2,1-5H3,(H,25,28). The predicted molar refractivity (Wildman–Crippen MR) is 122 cm³/mol. The number of carbonyl (C=O) groups excluding carboxylic acids is 2. The summed E-state index contributed by atoms with van der Waals surface area (Å²) in [4.78, 5) is 32.1. The van der Waals surface area contributed by atoms with Crippen molar-refractivity contribution in [3.63, 3.8) is 0 Å². The van der Waals surface area contributed by atoms with E-state index in [1.54, 1.807) is 10.7 Å². The van der Waals surface area contributed by atoms with Crippen LogP contribution in [0, 0.1) is 13.8 Å². The molecule has 1 amide bonds. The second-order valence-electron chi connectivity index (χ2n) is 8.21. The first-order valence-electron chi connectivity index (χ1n) is 10.8. The molecule has 0 saturated heterocycles. The molecule has 0 radical (unpaired) electrons. The van der Waals surface area contributed by atoms with E-state index >= 15 is 0 Å². The van der Waals surface area contributed by atoms with Crippen LogP contribution in [-0.4, -0.2) is 32.7 Å². The van der Waals surface area contributed by atoms with E-state index in [0.29, 0.717) is 21.8 Å². The average Bonchev–Trinajstić information content (AvgIpc) is 3.23. The minimum Gasteiger partial charge on any atom is -0.459 e. The van der Waals surface area contributed by atoms with Gasteiger partial charge in [0.15, 0.2) is 5.65 Å². The Morgan fingerprint density at radius 3 is 2.77 bits per heavy atom. The lowest BCUT2D eigenvalue weighted by atomic mass is 9.95. The number of fused-ring (bicyclic) bond motifs is 2. The number of hydrogen-bond donors (Lipinski definition) is 1. The van der Waals surface area contributed by atoms with Gasteiger partial charge in [-0.1, -0.05) is 6.92 Å². The monoisotopic (exact) mass is 440 g/mol. The number of nitrogens with zero attached hydrogens (tertiary/aromatic N) is 3. The summed E-state index contributed by atoms with van der Waals surface area (Å²) in [5, 5.41) is 8.76. The normalized spacial score (nSPS) is 14.4. The Labute approximate surface area is 185 Å². The van der Waals surface area contributed by atoms with Gasteiger partial charge in [-0.05, 0) is 64.5 Å². The van der Waals surface area contributed by atoms with E-state index in [2.05, 4.69) is 15.4 Å². The van der Waals surface area contributed by atoms with Crippen molar-refractivity contribution in [2.45, 2.75) is 65.9 Å². The molecule has 0 aliphatic heterocycles. The van der Waals surface area contributed by atoms with Gasteiger partial charge in [-0.3, -0.25) is 9.48 Å². The van der Waals surface area contributed by atoms with Gasteiger partial charge in [0.2, 0.25) is 0 Å². The average molecular weight is 441 g/mol. The predicted octanol–water partition coefficient (Wildman–Crippen LogP) is 4.73. The molecule has 3 aromatic rings. The first-order valence-corrected chi connectivity index (χ1v) is 11.6. The molecule has 0 bridgehead atoms. The van der Waals surface area contributed by atoms with Crippen molar-refractivity contribution in [3.8, 4) is 0 Å². The van der Waals surface area contributed by atoms with E-state index < -0.39 is 0 Å². The lowest BCUT2D eigenvalue weighted by Gasteiger charge is -2.15. The van der Waals surface area contributed by atoms with Gasteiger partial charge in [0, 0.05) is 17.6 Å². The third-order valence-corrected chi connectivity index (χ3v) is 7.03. The number of aryl methyl sites for hydroxylation is 4. The van der Waals surface area contributed by atoms with Gasteiger partial charge in [-0.25, -0.2) is 9.78 Å². The summed E-state index contributed by atoms with van der Waals surface area (Å²) >= 11 is 1.50. The first kappa shape index (κ1) is 21.5. The number of carbonyl (C=O) groups is 2. The van der Waals surface area contributed by atoms with Gasteiger partial charge in [0.25, 0.3) is 5.91 Å². The molecular weight excluding hydrogens is 412 g/mol. The number of ether oxygens (including phenoxy) is 1. The lowest BCUT2D eigenvalue weighted by Crippen LogP contribution is -2.19. The van der Waals surface area contributed by atoms with E-state index in [4.69, 9.17) is 4.74 Å². The van der Waals surface area contributed by atoms with Crippen molar-refractivity contribution in [3.05, 3.63) is 39.0 Å². The highest BCUT2D eigenvalue weighted by atomic mass is 32.1. The minimum absolute atomic E-state index is 0.171. The third-order valence-electron chi connectivity index (χ3n) is 5.83. The summed E-state index contributed by atoms with van der Waals surface area (Å²) in [6.07, 6.45) is 4.48. The number of amides is 1. The van der Waals surface area contributed by atoms with E-state index in [1.807, 2.05) is 34.7 Å². The summed E-state index contributed by atoms with van der Waals surface area (Å²) in [5.74, 6) is -0.611. The molecule has 1 unspecified atom stereocenters. The molecule has 4 rings (SSSR count). The maximum absolute atomic E-state index is 13.4. The summed E-state index contributed by atoms with van der Waals surface area (Å²) in [6, 6.07) is 1.77. The molecule has 0 spiro atoms. The summed E-state index contributed by atoms with van der Waals surface area (Å²) in [5.41, 5.74) is 4.23. The van der Waals surface area contributed by atoms with Crippen LogP contribution in [0.3, 0.4) is 0 Å². The number of pyridine rings is 1. The zero-order chi connectivity index (χ0) is 22.3. The van der Waals surface area contributed by atoms with Gasteiger partial charge >= 0.3 is 5.97 Å². The van der Waals surface area contributed by atoms with Crippen LogP contribution in [-0.2, 0) is 24.6 Å². The molecular formula is C23H28N4O3S. The molecule has 0 saturated carbocycles. The maximum atomic E-state index is 13.4. The largest absolute Gasteiger partial charge is 0.459 e. The number of thiophene rings is 1. The fraction of sp³-hybridized carbons (Fsp3) is 0.478. The molecule has 1 aliphatic carbocycles. The Morgan fingerprint density at radius 2 is 2.03 bits per heavy atom. The van der Waals surface area contributed by atoms with Crippen molar-refractivity contribution in [2.24, 2.45) is 7.05 Å². The number of nitrogens with one attached hydrogen (secondary N) is 1. The minimum atomic E-state index is -0.349. The highest BCUT2D eigenvalue weighted by Crippen LogP contribution is 2.39. The van der Waals surface area contributed by atoms with Crippen molar-refractivity contribution < 1.29 is 14.3 Å². The van der Waals surface area contributed by atoms with Crippen molar-refractivity contribution >= 4 is 39.2 Å². The molecule has 1 aliphatic rings. The second-order valence-corrected chi connectivity index (χ2v) is 9.32. The summed E-state index contributed by atoms with van der Waals surface area (Å²) < 4.78 is 7.33. The van der Waals surface area contributed by atoms with Crippen LogP contribution in [0.15, 0.2) is 6.07 Å². The summed E-state index contributed by atoms with van der Waals surface area (Å²) in [7, 11) is 1.82. The van der Waals surface area contributed by atoms with Crippen LogP contribution in [0.25, 0.3) is 11.0 Å². The molecule has 0 aromatic carbocycles. The lowest BCUT2D eigenvalue weighted by molar-refractivity contribution is 0.0335. The zero-order valence-electron chi connectivity index (χ0n) is 18.7. The van der Waals surface area contributed by atoms with Crippen molar-refractivity contribution in [1.29, 1.82) is 0 Å². The number of rotatable bonds is 5. The Balaban J connectivity index is 1.75. The van der Waals surface area contributed by atoms with Gasteiger partial charge in [-0.15, -0.1) is 11.3 Å². The molecule has 1 atom stereocenters. The van der Waals surface area contributed by atoms with Crippen LogP contribution in [0.5, 0.6) is 0 Å². The molecule has 0 fully saturated rings. The van der Waals surface area contributed by atoms with Crippen LogP contribution in [0.4, 0.5) is 5.00 Å². The van der Waals surface area contributed by atoms with E-state index in [9.17, 15) is 9.59 Å². The van der Waals surface area contributed by atoms with Gasteiger partial charge in [0.1, 0.15) is 5.00 Å². The first-order chi connectivity index (χ1) is 14.8. The Morgan fingerprint density at radius 1 is 1.29 bits per heavy atom. The molecule has 1 N–H and O–H groups in total. The SMILES string of the molecule is CCC(C)OC(=O)c1c(NC(=O)c2cc(C)nc3c2c(C)nn3C)sc2c1CCCC2. The molecule has 3 heterocycles. The van der Waals surface area contributed by atoms with Crippen molar-refractivity contribution in [1.82, 2.24) is 14.8 Å². The van der Waals surface area contributed by atoms with Crippen LogP contribution in [0.1, 0.15) is 75.7 Å². The van der Waals surface area contributed by atoms with Crippen LogP contribution < -0.4 is 5.32 Å². The molecule has 8 heteroatoms.